The van der Waals surface area contributed by atoms with Crippen molar-refractivity contribution in [2.75, 3.05) is 5.32 Å². The molecule has 1 amide bonds. The van der Waals surface area contributed by atoms with Gasteiger partial charge in [0.25, 0.3) is 5.91 Å². The van der Waals surface area contributed by atoms with E-state index in [-0.39, 0.29) is 17.5 Å². The first-order valence-electron chi connectivity index (χ1n) is 10.1. The molecule has 0 radical (unpaired) electrons. The van der Waals surface area contributed by atoms with Crippen molar-refractivity contribution in [3.63, 3.8) is 0 Å². The van der Waals surface area contributed by atoms with Crippen molar-refractivity contribution in [3.8, 4) is 11.1 Å². The summed E-state index contributed by atoms with van der Waals surface area (Å²) in [6.45, 7) is 10.1. The van der Waals surface area contributed by atoms with Crippen molar-refractivity contribution in [2.45, 2.75) is 40.5 Å². The number of rotatable bonds is 4. The molecule has 0 aliphatic heterocycles. The van der Waals surface area contributed by atoms with Gasteiger partial charge in [0, 0.05) is 5.69 Å². The van der Waals surface area contributed by atoms with E-state index in [1.807, 2.05) is 69.3 Å². The summed E-state index contributed by atoms with van der Waals surface area (Å²) in [7, 11) is 0. The van der Waals surface area contributed by atoms with E-state index >= 15 is 0 Å². The Bertz CT molecular complexity index is 1240. The largest absolute Gasteiger partial charge is 0.320 e. The maximum atomic E-state index is 13.0. The Labute approximate surface area is 176 Å². The Balaban J connectivity index is 1.80. The third-order valence-electron chi connectivity index (χ3n) is 5.25. The molecular weight excluding hydrogens is 374 g/mol. The van der Waals surface area contributed by atoms with Crippen LogP contribution in [0.2, 0.25) is 0 Å². The number of nitrogens with zero attached hydrogens (tertiary/aromatic N) is 4. The summed E-state index contributed by atoms with van der Waals surface area (Å²) in [6.07, 6.45) is 0. The Morgan fingerprint density at radius 1 is 1.00 bits per heavy atom. The Morgan fingerprint density at radius 3 is 2.40 bits per heavy atom. The lowest BCUT2D eigenvalue weighted by atomic mass is 10.00. The van der Waals surface area contributed by atoms with Gasteiger partial charge in [-0.3, -0.25) is 4.79 Å². The predicted molar refractivity (Wildman–Crippen MR) is 119 cm³/mol. The standard InChI is InChI=1S/C24H25N5O/c1-14(2)21-20(18-9-7-6-8-10-18)23-27-26-22(17(5)29(23)28-21)24(30)25-19-12-11-15(3)13-16(19)4/h6-14H,1-5H3,(H,25,30). The zero-order chi connectivity index (χ0) is 21.4. The number of amides is 1. The van der Waals surface area contributed by atoms with Crippen molar-refractivity contribution in [3.05, 3.63) is 76.7 Å². The number of anilines is 1. The van der Waals surface area contributed by atoms with Crippen LogP contribution in [0.4, 0.5) is 5.69 Å². The van der Waals surface area contributed by atoms with E-state index in [4.69, 9.17) is 5.10 Å². The number of carbonyl (C=O) groups excluding carboxylic acids is 1. The average Bonchev–Trinajstić information content (AvgIpc) is 3.12. The molecule has 0 saturated heterocycles. The fraction of sp³-hybridized carbons (Fsp3) is 0.250. The van der Waals surface area contributed by atoms with E-state index in [0.717, 1.165) is 33.6 Å². The van der Waals surface area contributed by atoms with Gasteiger partial charge in [-0.2, -0.15) is 5.10 Å². The minimum Gasteiger partial charge on any atom is -0.320 e. The summed E-state index contributed by atoms with van der Waals surface area (Å²) in [5.41, 5.74) is 7.43. The van der Waals surface area contributed by atoms with Crippen molar-refractivity contribution in [1.29, 1.82) is 0 Å². The fourth-order valence-corrected chi connectivity index (χ4v) is 3.65. The molecule has 2 aromatic carbocycles. The van der Waals surface area contributed by atoms with Gasteiger partial charge >= 0.3 is 0 Å². The van der Waals surface area contributed by atoms with E-state index in [1.54, 1.807) is 4.52 Å². The molecule has 0 spiro atoms. The van der Waals surface area contributed by atoms with Crippen LogP contribution in [0.15, 0.2) is 48.5 Å². The highest BCUT2D eigenvalue weighted by Gasteiger charge is 2.23. The van der Waals surface area contributed by atoms with Gasteiger partial charge in [0.2, 0.25) is 0 Å². The van der Waals surface area contributed by atoms with E-state index in [2.05, 4.69) is 29.4 Å². The lowest BCUT2D eigenvalue weighted by Crippen LogP contribution is -2.19. The van der Waals surface area contributed by atoms with E-state index in [9.17, 15) is 4.79 Å². The van der Waals surface area contributed by atoms with Gasteiger partial charge in [-0.1, -0.05) is 61.9 Å². The van der Waals surface area contributed by atoms with E-state index in [0.29, 0.717) is 11.3 Å². The van der Waals surface area contributed by atoms with Gasteiger partial charge in [0.1, 0.15) is 0 Å². The molecule has 0 bridgehead atoms. The van der Waals surface area contributed by atoms with Crippen molar-refractivity contribution >= 4 is 17.2 Å². The molecule has 0 atom stereocenters. The van der Waals surface area contributed by atoms with Crippen LogP contribution in [0.3, 0.4) is 0 Å². The SMILES string of the molecule is Cc1ccc(NC(=O)c2nnc3c(-c4ccccc4)c(C(C)C)nn3c2C)c(C)c1. The number of hydrogen-bond donors (Lipinski definition) is 1. The minimum absolute atomic E-state index is 0.203. The molecule has 4 rings (SSSR count). The number of fused-ring (bicyclic) bond motifs is 1. The van der Waals surface area contributed by atoms with Crippen LogP contribution in [0.1, 0.15) is 52.8 Å². The quantitative estimate of drug-likeness (QED) is 0.519. The molecule has 0 unspecified atom stereocenters. The molecule has 0 aliphatic rings. The van der Waals surface area contributed by atoms with Crippen molar-refractivity contribution < 1.29 is 4.79 Å². The molecule has 152 valence electrons. The summed E-state index contributed by atoms with van der Waals surface area (Å²) in [5.74, 6) is -0.0921. The molecule has 6 heteroatoms. The molecule has 4 aromatic rings. The molecular formula is C24H25N5O. The molecule has 0 saturated carbocycles. The number of hydrogen-bond acceptors (Lipinski definition) is 4. The third-order valence-corrected chi connectivity index (χ3v) is 5.25. The maximum Gasteiger partial charge on any atom is 0.278 e. The topological polar surface area (TPSA) is 72.2 Å². The Hall–Kier alpha value is -3.54. The molecule has 2 heterocycles. The zero-order valence-corrected chi connectivity index (χ0v) is 17.9. The van der Waals surface area contributed by atoms with E-state index < -0.39 is 0 Å². The van der Waals surface area contributed by atoms with Gasteiger partial charge < -0.3 is 5.32 Å². The lowest BCUT2D eigenvalue weighted by molar-refractivity contribution is 0.102. The van der Waals surface area contributed by atoms with Crippen LogP contribution in [0.5, 0.6) is 0 Å². The summed E-state index contributed by atoms with van der Waals surface area (Å²) in [4.78, 5) is 13.0. The van der Waals surface area contributed by atoms with Gasteiger partial charge in [-0.05, 0) is 43.9 Å². The van der Waals surface area contributed by atoms with Crippen LogP contribution in [-0.2, 0) is 0 Å². The van der Waals surface area contributed by atoms with Crippen LogP contribution >= 0.6 is 0 Å². The second kappa shape index (κ2) is 7.71. The highest BCUT2D eigenvalue weighted by molar-refractivity contribution is 6.04. The lowest BCUT2D eigenvalue weighted by Gasteiger charge is -2.10. The summed E-state index contributed by atoms with van der Waals surface area (Å²) >= 11 is 0. The smallest absolute Gasteiger partial charge is 0.278 e. The van der Waals surface area contributed by atoms with Crippen LogP contribution in [0, 0.1) is 20.8 Å². The van der Waals surface area contributed by atoms with Crippen LogP contribution in [0.25, 0.3) is 16.8 Å². The zero-order valence-electron chi connectivity index (χ0n) is 17.9. The minimum atomic E-state index is -0.295. The molecule has 30 heavy (non-hydrogen) atoms. The third kappa shape index (κ3) is 3.45. The number of carbonyl (C=O) groups is 1. The second-order valence-corrected chi connectivity index (χ2v) is 7.92. The maximum absolute atomic E-state index is 13.0. The number of nitrogens with one attached hydrogen (secondary N) is 1. The second-order valence-electron chi connectivity index (χ2n) is 7.92. The van der Waals surface area contributed by atoms with Crippen LogP contribution in [-0.4, -0.2) is 25.7 Å². The van der Waals surface area contributed by atoms with Crippen molar-refractivity contribution in [2.24, 2.45) is 0 Å². The number of benzene rings is 2. The van der Waals surface area contributed by atoms with E-state index in [1.165, 1.54) is 0 Å². The first-order chi connectivity index (χ1) is 14.4. The summed E-state index contributed by atoms with van der Waals surface area (Å²) in [6, 6.07) is 16.0. The molecule has 6 nitrogen and oxygen atoms in total. The van der Waals surface area contributed by atoms with Gasteiger partial charge in [-0.25, -0.2) is 4.52 Å². The predicted octanol–water partition coefficient (Wildman–Crippen LogP) is 5.09. The highest BCUT2D eigenvalue weighted by Crippen LogP contribution is 2.32. The summed E-state index contributed by atoms with van der Waals surface area (Å²) in [5, 5.41) is 16.5. The molecule has 0 fully saturated rings. The normalized spacial score (nSPS) is 11.3. The monoisotopic (exact) mass is 399 g/mol. The van der Waals surface area contributed by atoms with Crippen LogP contribution < -0.4 is 5.32 Å². The van der Waals surface area contributed by atoms with Gasteiger partial charge in [-0.15, -0.1) is 10.2 Å². The number of aromatic nitrogens is 4. The first-order valence-corrected chi connectivity index (χ1v) is 10.1. The average molecular weight is 399 g/mol. The summed E-state index contributed by atoms with van der Waals surface area (Å²) < 4.78 is 1.74. The first kappa shape index (κ1) is 19.8. The molecule has 0 aliphatic carbocycles. The van der Waals surface area contributed by atoms with Crippen molar-refractivity contribution in [1.82, 2.24) is 19.8 Å². The number of aryl methyl sites for hydroxylation is 3. The molecule has 2 aromatic heterocycles. The molecule has 1 N–H and O–H groups in total. The van der Waals surface area contributed by atoms with Gasteiger partial charge in [0.15, 0.2) is 11.3 Å². The fourth-order valence-electron chi connectivity index (χ4n) is 3.65. The highest BCUT2D eigenvalue weighted by atomic mass is 16.2. The Morgan fingerprint density at radius 2 is 1.73 bits per heavy atom. The van der Waals surface area contributed by atoms with Gasteiger partial charge in [0.05, 0.1) is 17.0 Å². The Kier molecular flexibility index (Phi) is 5.08.